The van der Waals surface area contributed by atoms with Crippen LogP contribution in [0.4, 0.5) is 13.2 Å². The molecule has 0 aromatic heterocycles. The van der Waals surface area contributed by atoms with E-state index in [-0.39, 0.29) is 0 Å². The van der Waals surface area contributed by atoms with Gasteiger partial charge in [-0.1, -0.05) is 0 Å². The SMILES string of the molecule is CC(C)(C)OC(CN)C(F)(F)F. The Kier molecular flexibility index (Phi) is 3.53. The molecule has 0 aliphatic rings. The van der Waals surface area contributed by atoms with Crippen LogP contribution in [0.2, 0.25) is 0 Å². The molecule has 0 aliphatic heterocycles. The summed E-state index contributed by atoms with van der Waals surface area (Å²) in [6, 6.07) is 0. The average molecular weight is 185 g/mol. The molecule has 0 fully saturated rings. The van der Waals surface area contributed by atoms with Gasteiger partial charge in [0.2, 0.25) is 0 Å². The third kappa shape index (κ3) is 4.56. The topological polar surface area (TPSA) is 35.2 Å². The van der Waals surface area contributed by atoms with Crippen molar-refractivity contribution in [3.8, 4) is 0 Å². The van der Waals surface area contributed by atoms with E-state index in [9.17, 15) is 13.2 Å². The lowest BCUT2D eigenvalue weighted by atomic mass is 10.2. The molecule has 0 heterocycles. The van der Waals surface area contributed by atoms with Crippen LogP contribution in [0.25, 0.3) is 0 Å². The highest BCUT2D eigenvalue weighted by atomic mass is 19.4. The summed E-state index contributed by atoms with van der Waals surface area (Å²) in [4.78, 5) is 0. The molecule has 0 aliphatic carbocycles. The number of hydrogen-bond acceptors (Lipinski definition) is 2. The summed E-state index contributed by atoms with van der Waals surface area (Å²) in [5.41, 5.74) is 4.10. The van der Waals surface area contributed by atoms with Crippen LogP contribution in [0, 0.1) is 0 Å². The van der Waals surface area contributed by atoms with Gasteiger partial charge in [-0.25, -0.2) is 0 Å². The van der Waals surface area contributed by atoms with Crippen molar-refractivity contribution in [1.82, 2.24) is 0 Å². The Morgan fingerprint density at radius 1 is 1.25 bits per heavy atom. The van der Waals surface area contributed by atoms with Gasteiger partial charge in [-0.3, -0.25) is 0 Å². The van der Waals surface area contributed by atoms with Gasteiger partial charge in [0.15, 0.2) is 6.10 Å². The second kappa shape index (κ2) is 3.62. The van der Waals surface area contributed by atoms with E-state index < -0.39 is 24.4 Å². The third-order valence-corrected chi connectivity index (χ3v) is 1.07. The van der Waals surface area contributed by atoms with Crippen molar-refractivity contribution in [2.45, 2.75) is 38.7 Å². The fraction of sp³-hybridized carbons (Fsp3) is 1.00. The van der Waals surface area contributed by atoms with Crippen molar-refractivity contribution >= 4 is 0 Å². The van der Waals surface area contributed by atoms with Crippen molar-refractivity contribution in [1.29, 1.82) is 0 Å². The first-order chi connectivity index (χ1) is 5.17. The highest BCUT2D eigenvalue weighted by Crippen LogP contribution is 2.25. The maximum absolute atomic E-state index is 12.0. The summed E-state index contributed by atoms with van der Waals surface area (Å²) in [5, 5.41) is 0. The Morgan fingerprint density at radius 2 is 1.67 bits per heavy atom. The first-order valence-electron chi connectivity index (χ1n) is 3.61. The molecule has 12 heavy (non-hydrogen) atoms. The van der Waals surface area contributed by atoms with E-state index >= 15 is 0 Å². The Labute approximate surface area is 69.9 Å². The van der Waals surface area contributed by atoms with Crippen LogP contribution in [0.15, 0.2) is 0 Å². The van der Waals surface area contributed by atoms with Gasteiger partial charge < -0.3 is 10.5 Å². The summed E-state index contributed by atoms with van der Waals surface area (Å²) >= 11 is 0. The molecule has 1 atom stereocenters. The minimum atomic E-state index is -4.37. The van der Waals surface area contributed by atoms with Crippen LogP contribution in [0.3, 0.4) is 0 Å². The molecule has 0 aromatic carbocycles. The fourth-order valence-corrected chi connectivity index (χ4v) is 0.675. The van der Waals surface area contributed by atoms with Crippen LogP contribution < -0.4 is 5.73 Å². The van der Waals surface area contributed by atoms with Crippen LogP contribution >= 0.6 is 0 Å². The zero-order chi connectivity index (χ0) is 9.99. The number of rotatable bonds is 2. The van der Waals surface area contributed by atoms with Crippen LogP contribution in [-0.4, -0.2) is 24.4 Å². The molecule has 0 saturated heterocycles. The molecule has 0 bridgehead atoms. The quantitative estimate of drug-likeness (QED) is 0.710. The number of nitrogens with two attached hydrogens (primary N) is 1. The zero-order valence-electron chi connectivity index (χ0n) is 7.40. The normalized spacial score (nSPS) is 16.2. The second-order valence-electron chi connectivity index (χ2n) is 3.50. The van der Waals surface area contributed by atoms with E-state index in [1.54, 1.807) is 20.8 Å². The molecule has 5 heteroatoms. The monoisotopic (exact) mass is 185 g/mol. The van der Waals surface area contributed by atoms with Crippen molar-refractivity contribution in [2.24, 2.45) is 5.73 Å². The standard InChI is InChI=1S/C7H14F3NO/c1-6(2,3)12-5(4-11)7(8,9)10/h5H,4,11H2,1-3H3. The minimum Gasteiger partial charge on any atom is -0.362 e. The molecule has 2 N–H and O–H groups in total. The van der Waals surface area contributed by atoms with Gasteiger partial charge in [-0.05, 0) is 20.8 Å². The van der Waals surface area contributed by atoms with E-state index in [1.807, 2.05) is 0 Å². The van der Waals surface area contributed by atoms with Gasteiger partial charge in [-0.2, -0.15) is 13.2 Å². The highest BCUT2D eigenvalue weighted by molar-refractivity contribution is 4.73. The molecule has 2 nitrogen and oxygen atoms in total. The van der Waals surface area contributed by atoms with Crippen LogP contribution in [0.5, 0.6) is 0 Å². The van der Waals surface area contributed by atoms with Gasteiger partial charge in [0.1, 0.15) is 0 Å². The predicted molar refractivity (Wildman–Crippen MR) is 39.7 cm³/mol. The third-order valence-electron chi connectivity index (χ3n) is 1.07. The Balaban J connectivity index is 4.20. The van der Waals surface area contributed by atoms with Gasteiger partial charge >= 0.3 is 6.18 Å². The molecule has 0 rings (SSSR count). The summed E-state index contributed by atoms with van der Waals surface area (Å²) in [6.45, 7) is 4.13. The van der Waals surface area contributed by atoms with E-state index in [1.165, 1.54) is 0 Å². The average Bonchev–Trinajstić information content (AvgIpc) is 1.78. The van der Waals surface area contributed by atoms with E-state index in [4.69, 9.17) is 10.5 Å². The Hall–Kier alpha value is -0.290. The van der Waals surface area contributed by atoms with Crippen molar-refractivity contribution < 1.29 is 17.9 Å². The number of hydrogen-bond donors (Lipinski definition) is 1. The maximum atomic E-state index is 12.0. The first-order valence-corrected chi connectivity index (χ1v) is 3.61. The lowest BCUT2D eigenvalue weighted by Crippen LogP contribution is -2.43. The summed E-state index contributed by atoms with van der Waals surface area (Å²) in [5.74, 6) is 0. The molecule has 0 saturated carbocycles. The second-order valence-corrected chi connectivity index (χ2v) is 3.50. The lowest BCUT2D eigenvalue weighted by Gasteiger charge is -2.28. The van der Waals surface area contributed by atoms with Crippen molar-refractivity contribution in [3.63, 3.8) is 0 Å². The van der Waals surface area contributed by atoms with Gasteiger partial charge in [0.25, 0.3) is 0 Å². The minimum absolute atomic E-state index is 0.541. The molecule has 0 radical (unpaired) electrons. The highest BCUT2D eigenvalue weighted by Gasteiger charge is 2.41. The Morgan fingerprint density at radius 3 is 1.75 bits per heavy atom. The largest absolute Gasteiger partial charge is 0.415 e. The van der Waals surface area contributed by atoms with E-state index in [0.717, 1.165) is 0 Å². The predicted octanol–water partition coefficient (Wildman–Crippen LogP) is 1.69. The summed E-state index contributed by atoms with van der Waals surface area (Å²) in [6.07, 6.45) is -6.24. The Bertz CT molecular complexity index is 139. The van der Waals surface area contributed by atoms with E-state index in [0.29, 0.717) is 0 Å². The number of ether oxygens (including phenoxy) is 1. The van der Waals surface area contributed by atoms with Crippen LogP contribution in [-0.2, 0) is 4.74 Å². The van der Waals surface area contributed by atoms with Crippen LogP contribution in [0.1, 0.15) is 20.8 Å². The molecule has 0 spiro atoms. The lowest BCUT2D eigenvalue weighted by molar-refractivity contribution is -0.241. The first kappa shape index (κ1) is 11.7. The fourth-order valence-electron chi connectivity index (χ4n) is 0.675. The van der Waals surface area contributed by atoms with Crippen molar-refractivity contribution in [3.05, 3.63) is 0 Å². The molecular weight excluding hydrogens is 171 g/mol. The molecule has 1 unspecified atom stereocenters. The van der Waals surface area contributed by atoms with Gasteiger partial charge in [0, 0.05) is 6.54 Å². The molecule has 0 aromatic rings. The zero-order valence-corrected chi connectivity index (χ0v) is 7.40. The summed E-state index contributed by atoms with van der Waals surface area (Å²) in [7, 11) is 0. The van der Waals surface area contributed by atoms with Gasteiger partial charge in [0.05, 0.1) is 5.60 Å². The number of halogens is 3. The maximum Gasteiger partial charge on any atom is 0.415 e. The van der Waals surface area contributed by atoms with Crippen molar-refractivity contribution in [2.75, 3.05) is 6.54 Å². The summed E-state index contributed by atoms with van der Waals surface area (Å²) < 4.78 is 40.8. The van der Waals surface area contributed by atoms with Gasteiger partial charge in [-0.15, -0.1) is 0 Å². The number of alkyl halides is 3. The molecular formula is C7H14F3NO. The van der Waals surface area contributed by atoms with E-state index in [2.05, 4.69) is 0 Å². The smallest absolute Gasteiger partial charge is 0.362 e. The molecule has 74 valence electrons. The molecule has 0 amide bonds.